The molecule has 3 N–H and O–H groups in total. The van der Waals surface area contributed by atoms with Gasteiger partial charge in [-0.15, -0.1) is 5.10 Å². The van der Waals surface area contributed by atoms with E-state index in [1.54, 1.807) is 0 Å². The Labute approximate surface area is 153 Å². The molecule has 0 bridgehead atoms. The van der Waals surface area contributed by atoms with E-state index in [1.807, 2.05) is 30.3 Å². The Morgan fingerprint density at radius 1 is 1.30 bits per heavy atom. The summed E-state index contributed by atoms with van der Waals surface area (Å²) in [5, 5.41) is 30.5. The number of benzene rings is 1. The molecule has 0 amide bonds. The monoisotopic (exact) mass is 374 g/mol. The van der Waals surface area contributed by atoms with Crippen LogP contribution in [0.4, 0.5) is 10.2 Å². The number of hydrogen-bond acceptors (Lipinski definition) is 8. The van der Waals surface area contributed by atoms with Crippen molar-refractivity contribution in [2.75, 3.05) is 11.9 Å². The van der Waals surface area contributed by atoms with Crippen LogP contribution in [0.1, 0.15) is 18.7 Å². The second-order valence-corrected chi connectivity index (χ2v) is 6.57. The molecule has 3 aromatic rings. The summed E-state index contributed by atoms with van der Waals surface area (Å²) >= 11 is 0. The summed E-state index contributed by atoms with van der Waals surface area (Å²) in [6, 6.07) is 9.75. The largest absolute Gasteiger partial charge is 0.394 e. The van der Waals surface area contributed by atoms with Crippen molar-refractivity contribution in [2.45, 2.75) is 37.6 Å². The lowest BCUT2D eigenvalue weighted by Gasteiger charge is -2.23. The summed E-state index contributed by atoms with van der Waals surface area (Å²) in [7, 11) is 0. The minimum absolute atomic E-state index is 0.264. The second kappa shape index (κ2) is 6.80. The van der Waals surface area contributed by atoms with Crippen molar-refractivity contribution < 1.29 is 19.3 Å². The Balaban J connectivity index is 1.65. The van der Waals surface area contributed by atoms with Crippen LogP contribution in [0.25, 0.3) is 11.2 Å². The number of ether oxygens (including phenoxy) is 1. The van der Waals surface area contributed by atoms with Gasteiger partial charge in [-0.25, -0.2) is 14.4 Å². The number of nitrogens with zero attached hydrogens (tertiary/aromatic N) is 5. The molecule has 9 nitrogen and oxygen atoms in total. The van der Waals surface area contributed by atoms with Gasteiger partial charge in [-0.2, -0.15) is 4.68 Å². The summed E-state index contributed by atoms with van der Waals surface area (Å²) in [6.07, 6.45) is -2.50. The molecule has 0 saturated carbocycles. The lowest BCUT2D eigenvalue weighted by Crippen LogP contribution is -2.40. The van der Waals surface area contributed by atoms with Gasteiger partial charge in [-0.3, -0.25) is 0 Å². The molecule has 0 radical (unpaired) electrons. The summed E-state index contributed by atoms with van der Waals surface area (Å²) in [4.78, 5) is 8.32. The van der Waals surface area contributed by atoms with Crippen LogP contribution in [-0.4, -0.2) is 59.7 Å². The molecule has 1 aromatic carbocycles. The van der Waals surface area contributed by atoms with Crippen LogP contribution in [0.15, 0.2) is 36.7 Å². The zero-order valence-corrected chi connectivity index (χ0v) is 14.5. The van der Waals surface area contributed by atoms with E-state index in [1.165, 1.54) is 17.9 Å². The normalized spacial score (nSPS) is 27.9. The van der Waals surface area contributed by atoms with Gasteiger partial charge in [0.15, 0.2) is 28.9 Å². The molecule has 4 atom stereocenters. The Morgan fingerprint density at radius 2 is 2.07 bits per heavy atom. The maximum atomic E-state index is 15.0. The van der Waals surface area contributed by atoms with Gasteiger partial charge in [0.05, 0.1) is 6.61 Å². The van der Waals surface area contributed by atoms with Gasteiger partial charge < -0.3 is 20.3 Å². The molecule has 1 aliphatic heterocycles. The number of aliphatic hydroxyl groups is 2. The molecule has 3 heterocycles. The quantitative estimate of drug-likeness (QED) is 0.601. The van der Waals surface area contributed by atoms with Crippen molar-refractivity contribution in [3.63, 3.8) is 0 Å². The zero-order chi connectivity index (χ0) is 19.0. The Kier molecular flexibility index (Phi) is 4.46. The average Bonchev–Trinajstić information content (AvgIpc) is 3.20. The number of hydrogen-bond donors (Lipinski definition) is 3. The van der Waals surface area contributed by atoms with Crippen LogP contribution >= 0.6 is 0 Å². The van der Waals surface area contributed by atoms with E-state index < -0.39 is 30.7 Å². The summed E-state index contributed by atoms with van der Waals surface area (Å²) < 4.78 is 21.7. The number of aliphatic hydroxyl groups excluding tert-OH is 2. The highest BCUT2D eigenvalue weighted by Crippen LogP contribution is 2.41. The number of aromatic nitrogens is 5. The fraction of sp³-hybridized carbons (Fsp3) is 0.412. The third-order valence-electron chi connectivity index (χ3n) is 4.68. The van der Waals surface area contributed by atoms with Crippen LogP contribution < -0.4 is 5.32 Å². The van der Waals surface area contributed by atoms with E-state index in [0.29, 0.717) is 17.9 Å². The maximum Gasteiger partial charge on any atom is 0.191 e. The fourth-order valence-electron chi connectivity index (χ4n) is 3.16. The summed E-state index contributed by atoms with van der Waals surface area (Å²) in [5.41, 5.74) is -0.493. The van der Waals surface area contributed by atoms with Gasteiger partial charge in [0.2, 0.25) is 0 Å². The number of alkyl halides is 1. The highest BCUT2D eigenvalue weighted by Gasteiger charge is 2.55. The molecule has 0 aliphatic carbocycles. The molecule has 27 heavy (non-hydrogen) atoms. The van der Waals surface area contributed by atoms with Crippen LogP contribution in [0, 0.1) is 0 Å². The van der Waals surface area contributed by atoms with Crippen molar-refractivity contribution in [2.24, 2.45) is 0 Å². The van der Waals surface area contributed by atoms with Crippen LogP contribution in [0.2, 0.25) is 0 Å². The molecular weight excluding hydrogens is 355 g/mol. The van der Waals surface area contributed by atoms with Gasteiger partial charge in [0, 0.05) is 6.54 Å². The van der Waals surface area contributed by atoms with Crippen molar-refractivity contribution in [1.29, 1.82) is 0 Å². The number of anilines is 1. The highest BCUT2D eigenvalue weighted by atomic mass is 19.1. The smallest absolute Gasteiger partial charge is 0.191 e. The molecule has 4 rings (SSSR count). The molecule has 10 heteroatoms. The van der Waals surface area contributed by atoms with E-state index >= 15 is 4.39 Å². The Bertz CT molecular complexity index is 935. The van der Waals surface area contributed by atoms with E-state index in [9.17, 15) is 10.2 Å². The number of nitrogens with one attached hydrogen (secondary N) is 1. The van der Waals surface area contributed by atoms with Crippen LogP contribution in [0.3, 0.4) is 0 Å². The van der Waals surface area contributed by atoms with Gasteiger partial charge in [0.1, 0.15) is 18.5 Å². The standard InChI is InChI=1S/C17H19FN6O3/c1-17(18)13(26)11(8-25)27-16(17)24-15-12(22-23-24)14(20-9-21-15)19-7-10-5-3-2-4-6-10/h2-6,9,11,13,16,25-26H,7-8H2,1H3,(H,19,20,21)/t11-,13-,16-,17-/m1/s1. The van der Waals surface area contributed by atoms with E-state index in [0.717, 1.165) is 5.56 Å². The van der Waals surface area contributed by atoms with Gasteiger partial charge in [0.25, 0.3) is 0 Å². The van der Waals surface area contributed by atoms with Crippen molar-refractivity contribution >= 4 is 17.0 Å². The molecule has 0 unspecified atom stereocenters. The average molecular weight is 374 g/mol. The van der Waals surface area contributed by atoms with Gasteiger partial charge >= 0.3 is 0 Å². The Morgan fingerprint density at radius 3 is 2.78 bits per heavy atom. The van der Waals surface area contributed by atoms with Crippen LogP contribution in [-0.2, 0) is 11.3 Å². The first kappa shape index (κ1) is 17.7. The molecule has 0 spiro atoms. The number of halogens is 1. The molecule has 2 aromatic heterocycles. The van der Waals surface area contributed by atoms with Crippen molar-refractivity contribution in [1.82, 2.24) is 25.0 Å². The lowest BCUT2D eigenvalue weighted by molar-refractivity contribution is -0.0639. The number of fused-ring (bicyclic) bond motifs is 1. The van der Waals surface area contributed by atoms with Crippen LogP contribution in [0.5, 0.6) is 0 Å². The van der Waals surface area contributed by atoms with E-state index in [4.69, 9.17) is 4.74 Å². The topological polar surface area (TPSA) is 118 Å². The van der Waals surface area contributed by atoms with Gasteiger partial charge in [-0.05, 0) is 12.5 Å². The first-order valence-electron chi connectivity index (χ1n) is 8.49. The first-order valence-corrected chi connectivity index (χ1v) is 8.49. The molecule has 1 fully saturated rings. The third-order valence-corrected chi connectivity index (χ3v) is 4.68. The highest BCUT2D eigenvalue weighted by molar-refractivity contribution is 5.81. The molecule has 1 saturated heterocycles. The van der Waals surface area contributed by atoms with Gasteiger partial charge in [-0.1, -0.05) is 35.5 Å². The molecule has 1 aliphatic rings. The third kappa shape index (κ3) is 3.01. The predicted molar refractivity (Wildman–Crippen MR) is 93.4 cm³/mol. The van der Waals surface area contributed by atoms with E-state index in [-0.39, 0.29) is 5.65 Å². The zero-order valence-electron chi connectivity index (χ0n) is 14.5. The minimum Gasteiger partial charge on any atom is -0.394 e. The predicted octanol–water partition coefficient (Wildman–Crippen LogP) is 0.812. The maximum absolute atomic E-state index is 15.0. The lowest BCUT2D eigenvalue weighted by atomic mass is 9.99. The first-order chi connectivity index (χ1) is 13.0. The second-order valence-electron chi connectivity index (χ2n) is 6.57. The SMILES string of the molecule is C[C@@]1(F)[C@H](O)[C@@H](CO)O[C@H]1n1nnc2c(NCc3ccccc3)ncnc21. The van der Waals surface area contributed by atoms with Crippen molar-refractivity contribution in [3.05, 3.63) is 42.2 Å². The summed E-state index contributed by atoms with van der Waals surface area (Å²) in [6.45, 7) is 1.20. The minimum atomic E-state index is -2.17. The fourth-order valence-corrected chi connectivity index (χ4v) is 3.16. The van der Waals surface area contributed by atoms with Crippen molar-refractivity contribution in [3.8, 4) is 0 Å². The molecular formula is C17H19FN6O3. The van der Waals surface area contributed by atoms with E-state index in [2.05, 4.69) is 25.6 Å². The summed E-state index contributed by atoms with van der Waals surface area (Å²) in [5.74, 6) is 0.452. The Hall–Kier alpha value is -2.69. The number of rotatable bonds is 5. The molecule has 142 valence electrons.